The molecule has 1 radical (unpaired) electrons. The summed E-state index contributed by atoms with van der Waals surface area (Å²) in [7, 11) is 1.41. The van der Waals surface area contributed by atoms with Crippen molar-refractivity contribution in [2.75, 3.05) is 7.11 Å². The second-order valence-electron chi connectivity index (χ2n) is 1.26. The van der Waals surface area contributed by atoms with Crippen LogP contribution in [-0.4, -0.2) is 16.2 Å². The molecule has 0 saturated heterocycles. The minimum atomic E-state index is -0.368. The summed E-state index contributed by atoms with van der Waals surface area (Å²) in [6.07, 6.45) is 0. The molecule has 0 aliphatic rings. The second kappa shape index (κ2) is 11.4. The summed E-state index contributed by atoms with van der Waals surface area (Å²) in [4.78, 5) is 0. The molecule has 0 aromatic heterocycles. The van der Waals surface area contributed by atoms with Gasteiger partial charge in [0.05, 0.1) is 0 Å². The summed E-state index contributed by atoms with van der Waals surface area (Å²) < 4.78 is 5.00. The molecule has 0 rings (SSSR count). The van der Waals surface area contributed by atoms with E-state index in [9.17, 15) is 0 Å². The van der Waals surface area contributed by atoms with Crippen LogP contribution in [-0.2, 0) is 46.6 Å². The SMILES string of the molecule is CC[Si](C)OC.[W].[W]. The van der Waals surface area contributed by atoms with Gasteiger partial charge < -0.3 is 4.43 Å². The average molecular weight is 471 g/mol. The second-order valence-corrected chi connectivity index (χ2v) is 3.78. The molecule has 0 aromatic rings. The fraction of sp³-hybridized carbons (Fsp3) is 1.00. The fourth-order valence-electron chi connectivity index (χ4n) is 0.144. The molecular weight excluding hydrogens is 460 g/mol. The molecule has 0 aromatic carbocycles. The molecule has 49 valence electrons. The van der Waals surface area contributed by atoms with E-state index >= 15 is 0 Å². The van der Waals surface area contributed by atoms with Gasteiger partial charge >= 0.3 is 0 Å². The molecule has 0 N–H and O–H groups in total. The maximum atomic E-state index is 5.00. The zero-order valence-corrected chi connectivity index (χ0v) is 12.3. The van der Waals surface area contributed by atoms with Gasteiger partial charge in [-0.05, 0) is 12.6 Å². The third-order valence-electron chi connectivity index (χ3n) is 0.846. The first-order chi connectivity index (χ1) is 2.81. The van der Waals surface area contributed by atoms with Crippen molar-refractivity contribution in [1.82, 2.24) is 0 Å². The van der Waals surface area contributed by atoms with Crippen LogP contribution in [0.3, 0.4) is 0 Å². The van der Waals surface area contributed by atoms with Gasteiger partial charge in [-0.3, -0.25) is 0 Å². The zero-order valence-electron chi connectivity index (χ0n) is 5.43. The van der Waals surface area contributed by atoms with Crippen molar-refractivity contribution in [2.24, 2.45) is 0 Å². The Morgan fingerprint density at radius 3 is 1.75 bits per heavy atom. The average Bonchev–Trinajstić information content (AvgIpc) is 1.65. The van der Waals surface area contributed by atoms with Gasteiger partial charge in [-0.15, -0.1) is 0 Å². The summed E-state index contributed by atoms with van der Waals surface area (Å²) in [6.45, 7) is 4.31. The third kappa shape index (κ3) is 10.5. The van der Waals surface area contributed by atoms with E-state index < -0.39 is 0 Å². The summed E-state index contributed by atoms with van der Waals surface area (Å²) >= 11 is 0. The standard InChI is InChI=1S/C4H11OSi.2W/c1-4-6(3)5-2;;/h4H2,1-3H3;;. The Hall–Kier alpha value is 1.55. The van der Waals surface area contributed by atoms with Crippen LogP contribution in [0.4, 0.5) is 0 Å². The van der Waals surface area contributed by atoms with E-state index in [1.165, 1.54) is 6.04 Å². The maximum Gasteiger partial charge on any atom is 0.207 e. The molecule has 0 saturated carbocycles. The van der Waals surface area contributed by atoms with Gasteiger partial charge in [0, 0.05) is 49.2 Å². The van der Waals surface area contributed by atoms with E-state index in [4.69, 9.17) is 4.43 Å². The Bertz CT molecular complexity index is 33.2. The quantitative estimate of drug-likeness (QED) is 0.552. The smallest absolute Gasteiger partial charge is 0.207 e. The maximum absolute atomic E-state index is 5.00. The first-order valence-electron chi connectivity index (χ1n) is 2.17. The summed E-state index contributed by atoms with van der Waals surface area (Å²) in [5, 5.41) is 0. The van der Waals surface area contributed by atoms with Crippen molar-refractivity contribution >= 4 is 9.04 Å². The topological polar surface area (TPSA) is 9.23 Å². The van der Waals surface area contributed by atoms with Gasteiger partial charge in [0.2, 0.25) is 9.04 Å². The van der Waals surface area contributed by atoms with Crippen molar-refractivity contribution in [3.8, 4) is 0 Å². The first kappa shape index (κ1) is 16.3. The third-order valence-corrected chi connectivity index (χ3v) is 2.54. The van der Waals surface area contributed by atoms with Gasteiger partial charge in [0.15, 0.2) is 0 Å². The van der Waals surface area contributed by atoms with Crippen molar-refractivity contribution < 1.29 is 46.6 Å². The zero-order chi connectivity index (χ0) is 4.99. The monoisotopic (exact) mass is 471 g/mol. The largest absolute Gasteiger partial charge is 0.420 e. The Balaban J connectivity index is -0.000000125. The Morgan fingerprint density at radius 1 is 1.38 bits per heavy atom. The molecule has 0 aliphatic carbocycles. The van der Waals surface area contributed by atoms with Crippen molar-refractivity contribution in [3.63, 3.8) is 0 Å². The molecule has 8 heavy (non-hydrogen) atoms. The van der Waals surface area contributed by atoms with Crippen LogP contribution in [0.1, 0.15) is 6.92 Å². The van der Waals surface area contributed by atoms with Gasteiger partial charge in [0.1, 0.15) is 0 Å². The van der Waals surface area contributed by atoms with E-state index in [1.807, 2.05) is 0 Å². The summed E-state index contributed by atoms with van der Waals surface area (Å²) in [6, 6.07) is 1.21. The molecule has 1 nitrogen and oxygen atoms in total. The molecule has 4 heteroatoms. The van der Waals surface area contributed by atoms with Crippen LogP contribution >= 0.6 is 0 Å². The Morgan fingerprint density at radius 2 is 1.75 bits per heavy atom. The van der Waals surface area contributed by atoms with Crippen LogP contribution in [0, 0.1) is 0 Å². The Labute approximate surface area is 81.8 Å². The van der Waals surface area contributed by atoms with Crippen LogP contribution in [0.5, 0.6) is 0 Å². The predicted octanol–water partition coefficient (Wildman–Crippen LogP) is 1.27. The summed E-state index contributed by atoms with van der Waals surface area (Å²) in [5.74, 6) is 0. The minimum Gasteiger partial charge on any atom is -0.420 e. The number of rotatable bonds is 2. The number of hydrogen-bond donors (Lipinski definition) is 0. The van der Waals surface area contributed by atoms with Crippen LogP contribution in [0.25, 0.3) is 0 Å². The van der Waals surface area contributed by atoms with Crippen LogP contribution in [0.2, 0.25) is 12.6 Å². The van der Waals surface area contributed by atoms with E-state index in [1.54, 1.807) is 7.11 Å². The predicted molar refractivity (Wildman–Crippen MR) is 29.1 cm³/mol. The van der Waals surface area contributed by atoms with E-state index in [2.05, 4.69) is 13.5 Å². The van der Waals surface area contributed by atoms with Gasteiger partial charge in [0.25, 0.3) is 0 Å². The summed E-state index contributed by atoms with van der Waals surface area (Å²) in [5.41, 5.74) is 0. The number of hydrogen-bond acceptors (Lipinski definition) is 1. The molecule has 0 spiro atoms. The first-order valence-corrected chi connectivity index (χ1v) is 4.29. The minimum absolute atomic E-state index is 0. The molecule has 0 amide bonds. The van der Waals surface area contributed by atoms with Gasteiger partial charge in [-0.25, -0.2) is 0 Å². The molecule has 0 bridgehead atoms. The molecule has 0 aliphatic heterocycles. The van der Waals surface area contributed by atoms with E-state index in [0.717, 1.165) is 0 Å². The van der Waals surface area contributed by atoms with E-state index in [0.29, 0.717) is 0 Å². The molecule has 0 atom stereocenters. The molecular formula is C4H11OSiW2. The fourth-order valence-corrected chi connectivity index (χ4v) is 0.433. The van der Waals surface area contributed by atoms with E-state index in [-0.39, 0.29) is 51.2 Å². The van der Waals surface area contributed by atoms with Crippen LogP contribution < -0.4 is 0 Å². The molecule has 0 unspecified atom stereocenters. The molecule has 0 heterocycles. The molecule has 0 fully saturated rings. The van der Waals surface area contributed by atoms with Gasteiger partial charge in [-0.1, -0.05) is 6.92 Å². The van der Waals surface area contributed by atoms with Crippen molar-refractivity contribution in [3.05, 3.63) is 0 Å². The van der Waals surface area contributed by atoms with Crippen molar-refractivity contribution in [1.29, 1.82) is 0 Å². The normalized spacial score (nSPS) is 7.50. The van der Waals surface area contributed by atoms with Crippen molar-refractivity contribution in [2.45, 2.75) is 19.5 Å². The van der Waals surface area contributed by atoms with Gasteiger partial charge in [-0.2, -0.15) is 0 Å². The van der Waals surface area contributed by atoms with Crippen LogP contribution in [0.15, 0.2) is 0 Å². The Kier molecular flexibility index (Phi) is 23.1.